The van der Waals surface area contributed by atoms with Crippen molar-refractivity contribution in [1.82, 2.24) is 10.6 Å². The number of carbonyl (C=O) groups is 2. The molecule has 0 aliphatic heterocycles. The number of ether oxygens (including phenoxy) is 3. The summed E-state index contributed by atoms with van der Waals surface area (Å²) in [4.78, 5) is 35.8. The minimum absolute atomic E-state index is 0.0903. The number of nitrogens with one attached hydrogen (secondary N) is 2. The van der Waals surface area contributed by atoms with Crippen molar-refractivity contribution in [2.45, 2.75) is 38.6 Å². The normalized spacial score (nSPS) is 12.6. The van der Waals surface area contributed by atoms with Gasteiger partial charge in [-0.25, -0.2) is 4.79 Å². The molecule has 10 heteroatoms. The van der Waals surface area contributed by atoms with Crippen molar-refractivity contribution in [3.63, 3.8) is 0 Å². The molecule has 2 amide bonds. The number of methoxy groups -OCH3 is 1. The highest BCUT2D eigenvalue weighted by Crippen LogP contribution is 2.44. The van der Waals surface area contributed by atoms with Gasteiger partial charge in [0.2, 0.25) is 5.91 Å². The molecule has 0 fully saturated rings. The molecule has 0 bridgehead atoms. The van der Waals surface area contributed by atoms with Gasteiger partial charge in [0.05, 0.1) is 36.3 Å². The molecule has 3 aromatic rings. The van der Waals surface area contributed by atoms with Gasteiger partial charge in [-0.15, -0.1) is 0 Å². The first-order valence-electron chi connectivity index (χ1n) is 13.2. The molecule has 1 unspecified atom stereocenters. The molecule has 0 spiro atoms. The standard InChI is InChI=1S/C30H33N3O7/c1-4-31-29(34)14-9-15-39-28-17-26(33(36)37)24(16-27(28)38-3)19(2)32-30(35)40-18-25-22-12-7-5-10-20(22)21-11-6-8-13-23(21)25/h5-8,10-13,16-17,19,25H,4,9,14-15,18H2,1-3H3,(H,31,34)(H,32,35). The van der Waals surface area contributed by atoms with Crippen LogP contribution in [0, 0.1) is 10.1 Å². The summed E-state index contributed by atoms with van der Waals surface area (Å²) in [5.74, 6) is 0.266. The number of hydrogen-bond acceptors (Lipinski definition) is 7. The molecule has 4 rings (SSSR count). The quantitative estimate of drug-likeness (QED) is 0.174. The molecule has 40 heavy (non-hydrogen) atoms. The average Bonchev–Trinajstić information content (AvgIpc) is 3.27. The van der Waals surface area contributed by atoms with Gasteiger partial charge in [0.25, 0.3) is 5.69 Å². The molecule has 2 N–H and O–H groups in total. The number of benzene rings is 3. The van der Waals surface area contributed by atoms with Gasteiger partial charge < -0.3 is 24.8 Å². The lowest BCUT2D eigenvalue weighted by Crippen LogP contribution is -2.29. The number of alkyl carbamates (subject to hydrolysis) is 1. The molecule has 0 saturated heterocycles. The van der Waals surface area contributed by atoms with E-state index in [1.54, 1.807) is 6.92 Å². The van der Waals surface area contributed by atoms with Crippen LogP contribution in [0.3, 0.4) is 0 Å². The SMILES string of the molecule is CCNC(=O)CCCOc1cc([N+](=O)[O-])c(C(C)NC(=O)OCC2c3ccccc3-c3ccccc32)cc1OC. The maximum absolute atomic E-state index is 12.8. The number of fused-ring (bicyclic) bond motifs is 3. The monoisotopic (exact) mass is 547 g/mol. The minimum Gasteiger partial charge on any atom is -0.493 e. The van der Waals surface area contributed by atoms with Crippen molar-refractivity contribution < 1.29 is 28.7 Å². The molecule has 0 heterocycles. The highest BCUT2D eigenvalue weighted by Gasteiger charge is 2.30. The van der Waals surface area contributed by atoms with Crippen molar-refractivity contribution in [3.05, 3.63) is 87.5 Å². The van der Waals surface area contributed by atoms with E-state index < -0.39 is 17.1 Å². The summed E-state index contributed by atoms with van der Waals surface area (Å²) in [5.41, 5.74) is 4.43. The van der Waals surface area contributed by atoms with Crippen molar-refractivity contribution in [3.8, 4) is 22.6 Å². The third-order valence-corrected chi connectivity index (χ3v) is 6.83. The second kappa shape index (κ2) is 13.0. The van der Waals surface area contributed by atoms with Gasteiger partial charge in [0, 0.05) is 18.9 Å². The van der Waals surface area contributed by atoms with Gasteiger partial charge in [0.1, 0.15) is 6.61 Å². The van der Waals surface area contributed by atoms with Gasteiger partial charge in [-0.1, -0.05) is 48.5 Å². The van der Waals surface area contributed by atoms with E-state index in [4.69, 9.17) is 14.2 Å². The molecule has 3 aromatic carbocycles. The number of rotatable bonds is 12. The Balaban J connectivity index is 1.42. The third kappa shape index (κ3) is 6.33. The van der Waals surface area contributed by atoms with Crippen LogP contribution in [0.25, 0.3) is 11.1 Å². The molecular formula is C30H33N3O7. The highest BCUT2D eigenvalue weighted by atomic mass is 16.6. The Morgan fingerprint density at radius 1 is 1.02 bits per heavy atom. The topological polar surface area (TPSA) is 129 Å². The summed E-state index contributed by atoms with van der Waals surface area (Å²) in [5, 5.41) is 17.3. The number of nitrogens with zero attached hydrogens (tertiary/aromatic N) is 1. The minimum atomic E-state index is -0.753. The fourth-order valence-electron chi connectivity index (χ4n) is 4.94. The van der Waals surface area contributed by atoms with Crippen molar-refractivity contribution in [2.24, 2.45) is 0 Å². The first-order valence-corrected chi connectivity index (χ1v) is 13.2. The van der Waals surface area contributed by atoms with Gasteiger partial charge in [0.15, 0.2) is 11.5 Å². The summed E-state index contributed by atoms with van der Waals surface area (Å²) in [6, 6.07) is 18.1. The Morgan fingerprint density at radius 2 is 1.68 bits per heavy atom. The molecule has 1 aliphatic carbocycles. The smallest absolute Gasteiger partial charge is 0.407 e. The lowest BCUT2D eigenvalue weighted by molar-refractivity contribution is -0.385. The first-order chi connectivity index (χ1) is 19.3. The molecule has 0 aromatic heterocycles. The molecule has 10 nitrogen and oxygen atoms in total. The van der Waals surface area contributed by atoms with E-state index in [1.807, 2.05) is 43.3 Å². The second-order valence-electron chi connectivity index (χ2n) is 9.42. The number of nitro groups is 1. The maximum atomic E-state index is 12.8. The lowest BCUT2D eigenvalue weighted by Gasteiger charge is -2.19. The van der Waals surface area contributed by atoms with Crippen LogP contribution in [-0.4, -0.2) is 43.8 Å². The lowest BCUT2D eigenvalue weighted by atomic mass is 9.98. The van der Waals surface area contributed by atoms with Crippen LogP contribution in [0.4, 0.5) is 10.5 Å². The number of hydrogen-bond donors (Lipinski definition) is 2. The Morgan fingerprint density at radius 3 is 2.27 bits per heavy atom. The molecule has 0 radical (unpaired) electrons. The predicted molar refractivity (Wildman–Crippen MR) is 150 cm³/mol. The third-order valence-electron chi connectivity index (χ3n) is 6.83. The second-order valence-corrected chi connectivity index (χ2v) is 9.42. The zero-order chi connectivity index (χ0) is 28.6. The van der Waals surface area contributed by atoms with Crippen LogP contribution >= 0.6 is 0 Å². The maximum Gasteiger partial charge on any atom is 0.407 e. The van der Waals surface area contributed by atoms with Gasteiger partial charge in [-0.05, 0) is 48.6 Å². The summed E-state index contributed by atoms with van der Waals surface area (Å²) in [7, 11) is 1.43. The fraction of sp³-hybridized carbons (Fsp3) is 0.333. The van der Waals surface area contributed by atoms with Gasteiger partial charge in [-0.3, -0.25) is 14.9 Å². The first kappa shape index (κ1) is 28.4. The van der Waals surface area contributed by atoms with E-state index in [0.29, 0.717) is 13.0 Å². The summed E-state index contributed by atoms with van der Waals surface area (Å²) < 4.78 is 16.7. The van der Waals surface area contributed by atoms with E-state index in [1.165, 1.54) is 19.2 Å². The summed E-state index contributed by atoms with van der Waals surface area (Å²) in [6.07, 6.45) is 0.0233. The van der Waals surface area contributed by atoms with Crippen molar-refractivity contribution in [2.75, 3.05) is 26.9 Å². The van der Waals surface area contributed by atoms with Crippen LogP contribution in [-0.2, 0) is 9.53 Å². The zero-order valence-electron chi connectivity index (χ0n) is 22.8. The van der Waals surface area contributed by atoms with E-state index in [2.05, 4.69) is 22.8 Å². The Labute approximate surface area is 232 Å². The van der Waals surface area contributed by atoms with Gasteiger partial charge in [-0.2, -0.15) is 0 Å². The van der Waals surface area contributed by atoms with Crippen LogP contribution in [0.15, 0.2) is 60.7 Å². The van der Waals surface area contributed by atoms with Crippen molar-refractivity contribution >= 4 is 17.7 Å². The molecule has 210 valence electrons. The van der Waals surface area contributed by atoms with Crippen LogP contribution < -0.4 is 20.1 Å². The van der Waals surface area contributed by atoms with E-state index in [9.17, 15) is 19.7 Å². The Bertz CT molecular complexity index is 1350. The average molecular weight is 548 g/mol. The summed E-state index contributed by atoms with van der Waals surface area (Å²) >= 11 is 0. The molecule has 1 atom stereocenters. The van der Waals surface area contributed by atoms with Crippen LogP contribution in [0.1, 0.15) is 55.3 Å². The summed E-state index contributed by atoms with van der Waals surface area (Å²) in [6.45, 7) is 4.32. The Hall–Kier alpha value is -4.60. The zero-order valence-corrected chi connectivity index (χ0v) is 22.8. The van der Waals surface area contributed by atoms with E-state index in [-0.39, 0.29) is 54.2 Å². The fourth-order valence-corrected chi connectivity index (χ4v) is 4.94. The van der Waals surface area contributed by atoms with E-state index >= 15 is 0 Å². The number of amides is 2. The highest BCUT2D eigenvalue weighted by molar-refractivity contribution is 5.79. The van der Waals surface area contributed by atoms with Crippen molar-refractivity contribution in [1.29, 1.82) is 0 Å². The van der Waals surface area contributed by atoms with E-state index in [0.717, 1.165) is 22.3 Å². The van der Waals surface area contributed by atoms with Crippen LogP contribution in [0.2, 0.25) is 0 Å². The van der Waals surface area contributed by atoms with Gasteiger partial charge >= 0.3 is 6.09 Å². The molecular weight excluding hydrogens is 514 g/mol. The predicted octanol–water partition coefficient (Wildman–Crippen LogP) is 5.50. The number of carbonyl (C=O) groups excluding carboxylic acids is 2. The molecule has 0 saturated carbocycles. The molecule has 1 aliphatic rings. The van der Waals surface area contributed by atoms with Crippen LogP contribution in [0.5, 0.6) is 11.5 Å². The Kier molecular flexibility index (Phi) is 9.21. The number of nitro benzene ring substituents is 1. The largest absolute Gasteiger partial charge is 0.493 e.